The Morgan fingerprint density at radius 3 is 2.72 bits per heavy atom. The molecule has 8 heteroatoms. The van der Waals surface area contributed by atoms with E-state index in [1.165, 1.54) is 0 Å². The van der Waals surface area contributed by atoms with Crippen molar-refractivity contribution < 1.29 is 13.8 Å². The van der Waals surface area contributed by atoms with Crippen molar-refractivity contribution in [1.29, 1.82) is 0 Å². The summed E-state index contributed by atoms with van der Waals surface area (Å²) in [7, 11) is 0. The first-order valence-electron chi connectivity index (χ1n) is 10.4. The van der Waals surface area contributed by atoms with Crippen LogP contribution in [0.2, 0.25) is 0 Å². The standard InChI is InChI=1S/C24H22N6O2.3H2/c25-22-21(23-28-18-8-4-5-9-19(18)29-23)27-20(14-26-22)17-10-12-30(13-11-17)24(31)32-15-16-6-2-1-3-7-16;;;/h1-10,14H,11-13,15H2,(H2,25,26)(H,28,29);3*1H. The Kier molecular flexibility index (Phi) is 5.25. The molecule has 0 spiro atoms. The molecule has 0 radical (unpaired) electrons. The number of para-hydroxylation sites is 2. The second-order valence-corrected chi connectivity index (χ2v) is 7.56. The number of nitrogens with zero attached hydrogens (tertiary/aromatic N) is 4. The molecule has 0 atom stereocenters. The number of nitrogen functional groups attached to an aromatic ring is 1. The summed E-state index contributed by atoms with van der Waals surface area (Å²) in [5, 5.41) is 0. The highest BCUT2D eigenvalue weighted by Crippen LogP contribution is 2.27. The van der Waals surface area contributed by atoms with Crippen LogP contribution in [0.25, 0.3) is 28.1 Å². The third-order valence-electron chi connectivity index (χ3n) is 5.42. The molecule has 0 fully saturated rings. The van der Waals surface area contributed by atoms with Crippen LogP contribution in [-0.2, 0) is 11.3 Å². The van der Waals surface area contributed by atoms with Gasteiger partial charge in [-0.25, -0.2) is 19.7 Å². The van der Waals surface area contributed by atoms with E-state index in [4.69, 9.17) is 15.5 Å². The van der Waals surface area contributed by atoms with Crippen molar-refractivity contribution in [3.8, 4) is 11.5 Å². The number of ether oxygens (including phenoxy) is 1. The fraction of sp³-hybridized carbons (Fsp3) is 0.167. The van der Waals surface area contributed by atoms with Crippen molar-refractivity contribution in [2.24, 2.45) is 0 Å². The topological polar surface area (TPSA) is 110 Å². The summed E-state index contributed by atoms with van der Waals surface area (Å²) in [5.41, 5.74) is 11.1. The lowest BCUT2D eigenvalue weighted by Crippen LogP contribution is -2.35. The number of anilines is 1. The van der Waals surface area contributed by atoms with Gasteiger partial charge in [0.1, 0.15) is 12.3 Å². The largest absolute Gasteiger partial charge is 0.445 e. The van der Waals surface area contributed by atoms with E-state index in [9.17, 15) is 4.79 Å². The van der Waals surface area contributed by atoms with Crippen LogP contribution in [0, 0.1) is 0 Å². The Hall–Kier alpha value is -4.20. The van der Waals surface area contributed by atoms with E-state index in [2.05, 4.69) is 15.0 Å². The zero-order chi connectivity index (χ0) is 21.9. The molecule has 2 aromatic carbocycles. The van der Waals surface area contributed by atoms with E-state index in [0.29, 0.717) is 36.8 Å². The van der Waals surface area contributed by atoms with Crippen molar-refractivity contribution in [1.82, 2.24) is 24.8 Å². The minimum Gasteiger partial charge on any atom is -0.445 e. The summed E-state index contributed by atoms with van der Waals surface area (Å²) in [6, 6.07) is 17.4. The van der Waals surface area contributed by atoms with Gasteiger partial charge in [-0.15, -0.1) is 0 Å². The van der Waals surface area contributed by atoms with Crippen LogP contribution >= 0.6 is 0 Å². The first kappa shape index (κ1) is 19.7. The number of nitrogens with one attached hydrogen (secondary N) is 1. The van der Waals surface area contributed by atoms with Crippen molar-refractivity contribution in [2.75, 3.05) is 18.8 Å². The number of imidazole rings is 1. The molecule has 3 N–H and O–H groups in total. The smallest absolute Gasteiger partial charge is 0.410 e. The lowest BCUT2D eigenvalue weighted by atomic mass is 10.1. The number of nitrogens with two attached hydrogens (primary N) is 1. The number of carbonyl (C=O) groups is 1. The fourth-order valence-corrected chi connectivity index (χ4v) is 3.67. The Morgan fingerprint density at radius 2 is 1.94 bits per heavy atom. The van der Waals surface area contributed by atoms with Gasteiger partial charge in [0.05, 0.1) is 22.9 Å². The molecule has 0 saturated carbocycles. The maximum atomic E-state index is 12.4. The minimum absolute atomic E-state index is 0. The van der Waals surface area contributed by atoms with E-state index in [0.717, 1.165) is 27.9 Å². The summed E-state index contributed by atoms with van der Waals surface area (Å²) in [4.78, 5) is 31.0. The van der Waals surface area contributed by atoms with E-state index in [1.54, 1.807) is 11.1 Å². The lowest BCUT2D eigenvalue weighted by Gasteiger charge is -2.25. The van der Waals surface area contributed by atoms with Crippen molar-refractivity contribution in [2.45, 2.75) is 13.0 Å². The molecule has 32 heavy (non-hydrogen) atoms. The van der Waals surface area contributed by atoms with Gasteiger partial charge < -0.3 is 20.4 Å². The third kappa shape index (κ3) is 4.02. The Morgan fingerprint density at radius 1 is 1.12 bits per heavy atom. The first-order chi connectivity index (χ1) is 15.7. The van der Waals surface area contributed by atoms with E-state index in [1.807, 2.05) is 60.7 Å². The predicted octanol–water partition coefficient (Wildman–Crippen LogP) is 4.77. The monoisotopic (exact) mass is 432 g/mol. The maximum Gasteiger partial charge on any atom is 0.410 e. The Bertz CT molecular complexity index is 1280. The molecular weight excluding hydrogens is 404 g/mol. The van der Waals surface area contributed by atoms with Gasteiger partial charge in [0.15, 0.2) is 11.6 Å². The predicted molar refractivity (Wildman–Crippen MR) is 129 cm³/mol. The zero-order valence-corrected chi connectivity index (χ0v) is 17.4. The van der Waals surface area contributed by atoms with Crippen LogP contribution < -0.4 is 5.73 Å². The summed E-state index contributed by atoms with van der Waals surface area (Å²) < 4.78 is 5.43. The molecule has 2 aromatic heterocycles. The number of carbonyl (C=O) groups excluding carboxylic acids is 1. The van der Waals surface area contributed by atoms with Gasteiger partial charge in [0, 0.05) is 17.4 Å². The molecule has 8 nitrogen and oxygen atoms in total. The normalized spacial score (nSPS) is 13.8. The summed E-state index contributed by atoms with van der Waals surface area (Å²) in [6.45, 7) is 1.26. The van der Waals surface area contributed by atoms with Crippen LogP contribution in [0.15, 0.2) is 66.9 Å². The zero-order valence-electron chi connectivity index (χ0n) is 17.4. The van der Waals surface area contributed by atoms with E-state index < -0.39 is 0 Å². The Labute approximate surface area is 189 Å². The van der Waals surface area contributed by atoms with Gasteiger partial charge in [-0.1, -0.05) is 48.5 Å². The molecule has 1 amide bonds. The van der Waals surface area contributed by atoms with Gasteiger partial charge in [-0.3, -0.25) is 0 Å². The molecule has 0 bridgehead atoms. The van der Waals surface area contributed by atoms with Gasteiger partial charge >= 0.3 is 6.09 Å². The third-order valence-corrected chi connectivity index (χ3v) is 5.42. The number of fused-ring (bicyclic) bond motifs is 1. The second-order valence-electron chi connectivity index (χ2n) is 7.56. The Balaban J connectivity index is 0.00000144. The molecule has 5 rings (SSSR count). The highest BCUT2D eigenvalue weighted by molar-refractivity contribution is 5.81. The summed E-state index contributed by atoms with van der Waals surface area (Å²) >= 11 is 0. The highest BCUT2D eigenvalue weighted by Gasteiger charge is 2.21. The number of hydrogen-bond donors (Lipinski definition) is 2. The van der Waals surface area contributed by atoms with Crippen molar-refractivity contribution in [3.63, 3.8) is 0 Å². The van der Waals surface area contributed by atoms with Gasteiger partial charge in [0.2, 0.25) is 0 Å². The van der Waals surface area contributed by atoms with Crippen LogP contribution in [0.4, 0.5) is 10.6 Å². The molecule has 0 aliphatic carbocycles. The molecule has 0 unspecified atom stereocenters. The highest BCUT2D eigenvalue weighted by atomic mass is 16.6. The van der Waals surface area contributed by atoms with Crippen molar-refractivity contribution >= 4 is 28.5 Å². The number of H-pyrrole nitrogens is 1. The summed E-state index contributed by atoms with van der Waals surface area (Å²) in [6.07, 6.45) is 3.97. The lowest BCUT2D eigenvalue weighted by molar-refractivity contribution is 0.0998. The number of aromatic nitrogens is 4. The summed E-state index contributed by atoms with van der Waals surface area (Å²) in [5.74, 6) is 0.899. The van der Waals surface area contributed by atoms with Crippen LogP contribution in [0.5, 0.6) is 0 Å². The second kappa shape index (κ2) is 8.50. The number of amides is 1. The fourth-order valence-electron chi connectivity index (χ4n) is 3.67. The molecule has 1 aliphatic rings. The molecule has 3 heterocycles. The molecule has 0 saturated heterocycles. The van der Waals surface area contributed by atoms with Crippen LogP contribution in [0.1, 0.15) is 22.0 Å². The van der Waals surface area contributed by atoms with Crippen LogP contribution in [-0.4, -0.2) is 44.0 Å². The van der Waals surface area contributed by atoms with Crippen LogP contribution in [0.3, 0.4) is 0 Å². The first-order valence-corrected chi connectivity index (χ1v) is 10.4. The molecule has 1 aliphatic heterocycles. The number of aromatic amines is 1. The van der Waals surface area contributed by atoms with E-state index in [-0.39, 0.29) is 17.0 Å². The average Bonchev–Trinajstić information content (AvgIpc) is 3.28. The van der Waals surface area contributed by atoms with Gasteiger partial charge in [-0.2, -0.15) is 0 Å². The number of rotatable bonds is 4. The minimum atomic E-state index is -0.324. The maximum absolute atomic E-state index is 12.4. The molecular formula is C24H28N6O2. The number of benzene rings is 2. The quantitative estimate of drug-likeness (QED) is 0.481. The van der Waals surface area contributed by atoms with Gasteiger partial charge in [0.25, 0.3) is 0 Å². The SMILES string of the molecule is Nc1ncc(C2=CCN(C(=O)OCc3ccccc3)CC2)nc1-c1nc2ccccc2[nH]1.[HH].[HH].[HH]. The molecule has 4 aromatic rings. The van der Waals surface area contributed by atoms with E-state index >= 15 is 0 Å². The number of hydrogen-bond acceptors (Lipinski definition) is 6. The molecule has 166 valence electrons. The van der Waals surface area contributed by atoms with Crippen molar-refractivity contribution in [3.05, 3.63) is 78.1 Å². The average molecular weight is 433 g/mol. The van der Waals surface area contributed by atoms with Gasteiger partial charge in [-0.05, 0) is 29.7 Å².